The molecule has 0 unspecified atom stereocenters. The molecule has 0 radical (unpaired) electrons. The number of H-pyrrole nitrogens is 1. The Morgan fingerprint density at radius 1 is 1.33 bits per heavy atom. The summed E-state index contributed by atoms with van der Waals surface area (Å²) in [5, 5.41) is 2.30. The Morgan fingerprint density at radius 2 is 2.00 bits per heavy atom. The zero-order valence-corrected chi connectivity index (χ0v) is 11.6. The fraction of sp³-hybridized carbons (Fsp3) is 0.182. The highest BCUT2D eigenvalue weighted by molar-refractivity contribution is 9.10. The summed E-state index contributed by atoms with van der Waals surface area (Å²) in [6.45, 7) is 1.36. The van der Waals surface area contributed by atoms with Gasteiger partial charge in [-0.3, -0.25) is 5.10 Å². The number of benzene rings is 1. The van der Waals surface area contributed by atoms with Gasteiger partial charge < -0.3 is 0 Å². The number of aromatic nitrogens is 2. The Labute approximate surface area is 115 Å². The number of rotatable bonds is 1. The molecule has 7 heteroatoms. The molecule has 0 bridgehead atoms. The topological polar surface area (TPSA) is 20.7 Å². The molecule has 96 valence electrons. The molecule has 2 nitrogen and oxygen atoms in total. The molecule has 0 aliphatic rings. The van der Waals surface area contributed by atoms with Gasteiger partial charge in [0.15, 0.2) is 0 Å². The molecule has 0 aliphatic heterocycles. The number of alkyl halides is 3. The Hall–Kier alpha value is -1.08. The summed E-state index contributed by atoms with van der Waals surface area (Å²) in [4.78, 5) is 0. The van der Waals surface area contributed by atoms with E-state index in [1.54, 1.807) is 24.3 Å². The van der Waals surface area contributed by atoms with E-state index < -0.39 is 11.9 Å². The van der Waals surface area contributed by atoms with Gasteiger partial charge in [-0.15, -0.1) is 0 Å². The summed E-state index contributed by atoms with van der Waals surface area (Å²) in [6, 6.07) is 6.88. The average Bonchev–Trinajstić information content (AvgIpc) is 2.55. The smallest absolute Gasteiger partial charge is 0.288 e. The van der Waals surface area contributed by atoms with E-state index in [2.05, 4.69) is 21.0 Å². The van der Waals surface area contributed by atoms with Gasteiger partial charge in [0.1, 0.15) is 10.3 Å². The van der Waals surface area contributed by atoms with Crippen molar-refractivity contribution in [2.75, 3.05) is 0 Å². The number of nitrogens with one attached hydrogen (secondary N) is 1. The first-order valence-electron chi connectivity index (χ1n) is 4.95. The first-order valence-corrected chi connectivity index (χ1v) is 6.15. The van der Waals surface area contributed by atoms with E-state index in [-0.39, 0.29) is 10.2 Å². The summed E-state index contributed by atoms with van der Waals surface area (Å²) in [7, 11) is 0. The average molecular weight is 337 g/mol. The fourth-order valence-corrected chi connectivity index (χ4v) is 2.23. The van der Waals surface area contributed by atoms with Crippen LogP contribution >= 0.6 is 28.1 Å². The minimum Gasteiger partial charge on any atom is -0.288 e. The first-order chi connectivity index (χ1) is 8.30. The van der Waals surface area contributed by atoms with Crippen LogP contribution in [0.25, 0.3) is 5.69 Å². The van der Waals surface area contributed by atoms with Gasteiger partial charge in [0, 0.05) is 10.0 Å². The van der Waals surface area contributed by atoms with E-state index in [1.807, 2.05) is 0 Å². The van der Waals surface area contributed by atoms with Gasteiger partial charge in [-0.1, -0.05) is 34.2 Å². The summed E-state index contributed by atoms with van der Waals surface area (Å²) in [6.07, 6.45) is -4.44. The van der Waals surface area contributed by atoms with Crippen LogP contribution in [0.3, 0.4) is 0 Å². The summed E-state index contributed by atoms with van der Waals surface area (Å²) >= 11 is 8.29. The van der Waals surface area contributed by atoms with Gasteiger partial charge >= 0.3 is 6.18 Å². The SMILES string of the molecule is Cc1c(C(F)(F)F)[nH]n(-c2cccc(Br)c2)c1=S. The normalized spacial score (nSPS) is 11.8. The van der Waals surface area contributed by atoms with Crippen molar-refractivity contribution in [2.45, 2.75) is 13.1 Å². The van der Waals surface area contributed by atoms with Crippen LogP contribution in [0, 0.1) is 11.6 Å². The number of aromatic amines is 1. The van der Waals surface area contributed by atoms with Gasteiger partial charge in [0.05, 0.1) is 5.69 Å². The minimum absolute atomic E-state index is 0.0254. The van der Waals surface area contributed by atoms with Gasteiger partial charge in [-0.05, 0) is 25.1 Å². The van der Waals surface area contributed by atoms with E-state index in [9.17, 15) is 13.2 Å². The van der Waals surface area contributed by atoms with Gasteiger partial charge in [-0.2, -0.15) is 13.2 Å². The van der Waals surface area contributed by atoms with Crippen molar-refractivity contribution < 1.29 is 13.2 Å². The third-order valence-electron chi connectivity index (χ3n) is 2.47. The van der Waals surface area contributed by atoms with Crippen LogP contribution in [0.5, 0.6) is 0 Å². The third-order valence-corrected chi connectivity index (χ3v) is 3.45. The Bertz CT molecular complexity index is 642. The van der Waals surface area contributed by atoms with Crippen molar-refractivity contribution in [3.8, 4) is 5.69 Å². The van der Waals surface area contributed by atoms with Gasteiger partial charge in [-0.25, -0.2) is 4.68 Å². The molecule has 0 aliphatic carbocycles. The van der Waals surface area contributed by atoms with Crippen molar-refractivity contribution in [3.63, 3.8) is 0 Å². The van der Waals surface area contributed by atoms with E-state index in [1.165, 1.54) is 11.6 Å². The van der Waals surface area contributed by atoms with E-state index in [4.69, 9.17) is 12.2 Å². The monoisotopic (exact) mass is 336 g/mol. The van der Waals surface area contributed by atoms with Crippen LogP contribution in [-0.4, -0.2) is 9.78 Å². The molecule has 0 amide bonds. The molecular formula is C11H8BrF3N2S. The van der Waals surface area contributed by atoms with Gasteiger partial charge in [0.25, 0.3) is 0 Å². The molecule has 1 heterocycles. The fourth-order valence-electron chi connectivity index (χ4n) is 1.59. The Balaban J connectivity index is 2.64. The second-order valence-electron chi connectivity index (χ2n) is 3.73. The van der Waals surface area contributed by atoms with Gasteiger partial charge in [0.2, 0.25) is 0 Å². The lowest BCUT2D eigenvalue weighted by Gasteiger charge is -2.05. The molecule has 2 aromatic rings. The number of hydrogen-bond acceptors (Lipinski definition) is 1. The number of hydrogen-bond donors (Lipinski definition) is 1. The molecule has 2 rings (SSSR count). The van der Waals surface area contributed by atoms with E-state index in [0.717, 1.165) is 4.47 Å². The highest BCUT2D eigenvalue weighted by Gasteiger charge is 2.35. The third kappa shape index (κ3) is 2.37. The van der Waals surface area contributed by atoms with E-state index >= 15 is 0 Å². The Kier molecular flexibility index (Phi) is 3.37. The van der Waals surface area contributed by atoms with Crippen molar-refractivity contribution in [3.05, 3.63) is 44.6 Å². The van der Waals surface area contributed by atoms with Crippen LogP contribution in [0.15, 0.2) is 28.7 Å². The zero-order chi connectivity index (χ0) is 13.5. The summed E-state index contributed by atoms with van der Waals surface area (Å²) in [5.41, 5.74) is -0.238. The number of nitrogens with zero attached hydrogens (tertiary/aromatic N) is 1. The quantitative estimate of drug-likeness (QED) is 0.753. The molecule has 0 spiro atoms. The molecule has 0 saturated carbocycles. The standard InChI is InChI=1S/C11H8BrF3N2S/c1-6-9(11(13,14)15)16-17(10(6)18)8-4-2-3-7(12)5-8/h2-5,16H,1H3. The van der Waals surface area contributed by atoms with Crippen LogP contribution < -0.4 is 0 Å². The van der Waals surface area contributed by atoms with Crippen molar-refractivity contribution in [1.82, 2.24) is 9.78 Å². The van der Waals surface area contributed by atoms with Crippen molar-refractivity contribution in [2.24, 2.45) is 0 Å². The van der Waals surface area contributed by atoms with E-state index in [0.29, 0.717) is 5.69 Å². The number of halogens is 4. The molecule has 18 heavy (non-hydrogen) atoms. The predicted octanol–water partition coefficient (Wildman–Crippen LogP) is 4.62. The van der Waals surface area contributed by atoms with Crippen LogP contribution in [-0.2, 0) is 6.18 Å². The maximum atomic E-state index is 12.7. The van der Waals surface area contributed by atoms with Crippen LogP contribution in [0.1, 0.15) is 11.3 Å². The molecule has 1 N–H and O–H groups in total. The molecule has 0 atom stereocenters. The summed E-state index contributed by atoms with van der Waals surface area (Å²) in [5.74, 6) is 0. The van der Waals surface area contributed by atoms with Crippen LogP contribution in [0.4, 0.5) is 13.2 Å². The minimum atomic E-state index is -4.44. The predicted molar refractivity (Wildman–Crippen MR) is 68.4 cm³/mol. The largest absolute Gasteiger partial charge is 0.433 e. The van der Waals surface area contributed by atoms with Crippen molar-refractivity contribution in [1.29, 1.82) is 0 Å². The maximum Gasteiger partial charge on any atom is 0.433 e. The lowest BCUT2D eigenvalue weighted by atomic mass is 10.3. The second kappa shape index (κ2) is 4.55. The highest BCUT2D eigenvalue weighted by Crippen LogP contribution is 2.31. The zero-order valence-electron chi connectivity index (χ0n) is 9.18. The lowest BCUT2D eigenvalue weighted by molar-refractivity contribution is -0.141. The molecular weight excluding hydrogens is 329 g/mol. The summed E-state index contributed by atoms with van der Waals surface area (Å²) < 4.78 is 40.4. The van der Waals surface area contributed by atoms with Crippen LogP contribution in [0.2, 0.25) is 0 Å². The highest BCUT2D eigenvalue weighted by atomic mass is 79.9. The molecule has 0 fully saturated rings. The second-order valence-corrected chi connectivity index (χ2v) is 5.03. The molecule has 1 aromatic heterocycles. The maximum absolute atomic E-state index is 12.7. The lowest BCUT2D eigenvalue weighted by Crippen LogP contribution is -2.08. The first kappa shape index (κ1) is 13.4. The van der Waals surface area contributed by atoms with Crippen molar-refractivity contribution >= 4 is 28.1 Å². The Morgan fingerprint density at radius 3 is 2.50 bits per heavy atom. The molecule has 0 saturated heterocycles. The molecule has 1 aromatic carbocycles.